The van der Waals surface area contributed by atoms with Crippen molar-refractivity contribution in [2.24, 2.45) is 5.41 Å². The molecule has 0 aliphatic carbocycles. The van der Waals surface area contributed by atoms with Crippen molar-refractivity contribution in [2.45, 2.75) is 26.3 Å². The summed E-state index contributed by atoms with van der Waals surface area (Å²) in [4.78, 5) is 0. The van der Waals surface area contributed by atoms with E-state index in [4.69, 9.17) is 4.74 Å². The Kier molecular flexibility index (Phi) is 4.13. The molecule has 0 unspecified atom stereocenters. The number of hydrogen-bond acceptors (Lipinski definition) is 2. The maximum atomic E-state index is 13.0. The molecule has 0 radical (unpaired) electrons. The van der Waals surface area contributed by atoms with Gasteiger partial charge in [0.25, 0.3) is 0 Å². The zero-order valence-corrected chi connectivity index (χ0v) is 10.3. The predicted molar refractivity (Wildman–Crippen MR) is 66.3 cm³/mol. The van der Waals surface area contributed by atoms with E-state index in [1.165, 1.54) is 6.07 Å². The lowest BCUT2D eigenvalue weighted by atomic mass is 9.82. The summed E-state index contributed by atoms with van der Waals surface area (Å²) in [5, 5.41) is 3.42. The minimum absolute atomic E-state index is 0.165. The van der Waals surface area contributed by atoms with Crippen molar-refractivity contribution in [3.63, 3.8) is 0 Å². The molecule has 94 valence electrons. The fourth-order valence-electron chi connectivity index (χ4n) is 2.20. The Hall–Kier alpha value is -0.930. The average Bonchev–Trinajstić information content (AvgIpc) is 2.30. The molecule has 1 heterocycles. The number of ether oxygens (including phenoxy) is 1. The van der Waals surface area contributed by atoms with Crippen molar-refractivity contribution in [1.29, 1.82) is 0 Å². The number of hydrogen-bond donors (Lipinski definition) is 1. The van der Waals surface area contributed by atoms with Crippen LogP contribution in [-0.2, 0) is 11.3 Å². The lowest BCUT2D eigenvalue weighted by Gasteiger charge is -2.33. The van der Waals surface area contributed by atoms with Gasteiger partial charge in [-0.25, -0.2) is 4.39 Å². The van der Waals surface area contributed by atoms with E-state index < -0.39 is 0 Å². The molecule has 1 aliphatic heterocycles. The first kappa shape index (κ1) is 12.5. The van der Waals surface area contributed by atoms with Gasteiger partial charge >= 0.3 is 0 Å². The van der Waals surface area contributed by atoms with Crippen LogP contribution in [0.2, 0.25) is 0 Å². The molecule has 1 N–H and O–H groups in total. The summed E-state index contributed by atoms with van der Waals surface area (Å²) < 4.78 is 18.3. The smallest absolute Gasteiger partial charge is 0.123 e. The number of rotatable bonds is 4. The Morgan fingerprint density at radius 3 is 2.82 bits per heavy atom. The summed E-state index contributed by atoms with van der Waals surface area (Å²) in [5.74, 6) is -0.165. The van der Waals surface area contributed by atoms with Gasteiger partial charge in [0.2, 0.25) is 0 Å². The van der Waals surface area contributed by atoms with Crippen LogP contribution in [0.1, 0.15) is 25.3 Å². The van der Waals surface area contributed by atoms with Gasteiger partial charge in [-0.1, -0.05) is 19.1 Å². The van der Waals surface area contributed by atoms with Crippen LogP contribution in [0.5, 0.6) is 0 Å². The molecule has 0 atom stereocenters. The van der Waals surface area contributed by atoms with Gasteiger partial charge < -0.3 is 10.1 Å². The Labute approximate surface area is 102 Å². The summed E-state index contributed by atoms with van der Waals surface area (Å²) in [6.45, 7) is 5.70. The molecule has 0 amide bonds. The zero-order valence-electron chi connectivity index (χ0n) is 10.3. The van der Waals surface area contributed by atoms with Crippen LogP contribution in [0.15, 0.2) is 24.3 Å². The molecule has 3 heteroatoms. The summed E-state index contributed by atoms with van der Waals surface area (Å²) in [5.41, 5.74) is 1.33. The molecule has 0 saturated carbocycles. The fraction of sp³-hybridized carbons (Fsp3) is 0.571. The largest absolute Gasteiger partial charge is 0.381 e. The van der Waals surface area contributed by atoms with Crippen LogP contribution in [0.3, 0.4) is 0 Å². The van der Waals surface area contributed by atoms with Crippen molar-refractivity contribution in [3.8, 4) is 0 Å². The zero-order chi connectivity index (χ0) is 12.1. The molecule has 1 saturated heterocycles. The summed E-state index contributed by atoms with van der Waals surface area (Å²) >= 11 is 0. The second-order valence-electron chi connectivity index (χ2n) is 5.16. The highest BCUT2D eigenvalue weighted by Crippen LogP contribution is 2.28. The Morgan fingerprint density at radius 2 is 2.12 bits per heavy atom. The predicted octanol–water partition coefficient (Wildman–Crippen LogP) is 2.73. The van der Waals surface area contributed by atoms with Crippen molar-refractivity contribution in [3.05, 3.63) is 35.6 Å². The first-order valence-corrected chi connectivity index (χ1v) is 6.21. The molecule has 2 rings (SSSR count). The maximum absolute atomic E-state index is 13.0. The van der Waals surface area contributed by atoms with Gasteiger partial charge in [-0.2, -0.15) is 0 Å². The van der Waals surface area contributed by atoms with E-state index in [1.807, 2.05) is 6.07 Å². The van der Waals surface area contributed by atoms with E-state index in [0.29, 0.717) is 5.41 Å². The minimum atomic E-state index is -0.165. The molecular formula is C14H20FNO. The van der Waals surface area contributed by atoms with E-state index in [9.17, 15) is 4.39 Å². The third kappa shape index (κ3) is 3.79. The first-order chi connectivity index (χ1) is 8.18. The Bertz CT molecular complexity index is 361. The van der Waals surface area contributed by atoms with Crippen molar-refractivity contribution >= 4 is 0 Å². The van der Waals surface area contributed by atoms with Gasteiger partial charge in [-0.15, -0.1) is 0 Å². The minimum Gasteiger partial charge on any atom is -0.381 e. The van der Waals surface area contributed by atoms with Crippen molar-refractivity contribution < 1.29 is 9.13 Å². The fourth-order valence-corrected chi connectivity index (χ4v) is 2.20. The van der Waals surface area contributed by atoms with Gasteiger partial charge in [-0.05, 0) is 36.0 Å². The lowest BCUT2D eigenvalue weighted by molar-refractivity contribution is 0.0240. The molecule has 1 aromatic rings. The molecule has 1 aromatic carbocycles. The average molecular weight is 237 g/mol. The van der Waals surface area contributed by atoms with Crippen LogP contribution in [-0.4, -0.2) is 19.8 Å². The standard InChI is InChI=1S/C14H20FNO/c1-14(5-7-17-8-6-14)11-16-10-12-3-2-4-13(15)9-12/h2-4,9,16H,5-8,10-11H2,1H3. The Balaban J connectivity index is 1.79. The van der Waals surface area contributed by atoms with Gasteiger partial charge in [0.05, 0.1) is 0 Å². The van der Waals surface area contributed by atoms with Crippen LogP contribution in [0.4, 0.5) is 4.39 Å². The molecule has 1 fully saturated rings. The molecule has 0 bridgehead atoms. The monoisotopic (exact) mass is 237 g/mol. The van der Waals surface area contributed by atoms with E-state index in [0.717, 1.165) is 44.7 Å². The second kappa shape index (κ2) is 5.61. The molecule has 0 spiro atoms. The van der Waals surface area contributed by atoms with Crippen LogP contribution < -0.4 is 5.32 Å². The number of nitrogens with one attached hydrogen (secondary N) is 1. The molecule has 2 nitrogen and oxygen atoms in total. The third-order valence-electron chi connectivity index (χ3n) is 3.47. The van der Waals surface area contributed by atoms with Crippen LogP contribution in [0, 0.1) is 11.2 Å². The first-order valence-electron chi connectivity index (χ1n) is 6.21. The van der Waals surface area contributed by atoms with E-state index in [1.54, 1.807) is 12.1 Å². The highest BCUT2D eigenvalue weighted by molar-refractivity contribution is 5.15. The van der Waals surface area contributed by atoms with Crippen molar-refractivity contribution in [2.75, 3.05) is 19.8 Å². The molecular weight excluding hydrogens is 217 g/mol. The maximum Gasteiger partial charge on any atom is 0.123 e. The quantitative estimate of drug-likeness (QED) is 0.869. The molecule has 1 aliphatic rings. The molecule has 17 heavy (non-hydrogen) atoms. The van der Waals surface area contributed by atoms with Gasteiger partial charge in [-0.3, -0.25) is 0 Å². The van der Waals surface area contributed by atoms with E-state index >= 15 is 0 Å². The topological polar surface area (TPSA) is 21.3 Å². The number of benzene rings is 1. The van der Waals surface area contributed by atoms with Gasteiger partial charge in [0.15, 0.2) is 0 Å². The third-order valence-corrected chi connectivity index (χ3v) is 3.47. The summed E-state index contributed by atoms with van der Waals surface area (Å²) in [6, 6.07) is 6.76. The van der Waals surface area contributed by atoms with Crippen molar-refractivity contribution in [1.82, 2.24) is 5.32 Å². The normalized spacial score (nSPS) is 19.2. The summed E-state index contributed by atoms with van der Waals surface area (Å²) in [7, 11) is 0. The van der Waals surface area contributed by atoms with Gasteiger partial charge in [0.1, 0.15) is 5.82 Å². The van der Waals surface area contributed by atoms with Crippen LogP contribution >= 0.6 is 0 Å². The SMILES string of the molecule is CC1(CNCc2cccc(F)c2)CCOCC1. The van der Waals surface area contributed by atoms with E-state index in [-0.39, 0.29) is 5.82 Å². The highest BCUT2D eigenvalue weighted by atomic mass is 19.1. The van der Waals surface area contributed by atoms with Gasteiger partial charge in [0, 0.05) is 26.3 Å². The Morgan fingerprint density at radius 1 is 1.35 bits per heavy atom. The lowest BCUT2D eigenvalue weighted by Crippen LogP contribution is -2.36. The second-order valence-corrected chi connectivity index (χ2v) is 5.16. The molecule has 0 aromatic heterocycles. The number of halogens is 1. The van der Waals surface area contributed by atoms with Crippen LogP contribution in [0.25, 0.3) is 0 Å². The highest BCUT2D eigenvalue weighted by Gasteiger charge is 2.26. The summed E-state index contributed by atoms with van der Waals surface area (Å²) in [6.07, 6.45) is 2.20. The van der Waals surface area contributed by atoms with E-state index in [2.05, 4.69) is 12.2 Å².